The number of Topliss-reactive ketones (excluding diaryl/α,β-unsaturated/α-hetero) is 1. The van der Waals surface area contributed by atoms with Gasteiger partial charge in [0, 0.05) is 19.4 Å². The molecule has 1 aromatic heterocycles. The van der Waals surface area contributed by atoms with Crippen LogP contribution in [0.2, 0.25) is 18.1 Å². The maximum atomic E-state index is 12.3. The molecule has 0 aliphatic rings. The van der Waals surface area contributed by atoms with E-state index in [1.54, 1.807) is 6.08 Å². The van der Waals surface area contributed by atoms with Gasteiger partial charge in [-0.2, -0.15) is 0 Å². The highest BCUT2D eigenvalue weighted by Crippen LogP contribution is 2.36. The molecule has 1 rings (SSSR count). The van der Waals surface area contributed by atoms with Crippen LogP contribution in [0.25, 0.3) is 0 Å². The Kier molecular flexibility index (Phi) is 11.2. The Labute approximate surface area is 189 Å². The lowest BCUT2D eigenvalue weighted by atomic mass is 10.2. The third-order valence-electron chi connectivity index (χ3n) is 5.12. The number of hydrogen-bond donors (Lipinski definition) is 1. The fourth-order valence-electron chi connectivity index (χ4n) is 2.25. The van der Waals surface area contributed by atoms with Crippen molar-refractivity contribution >= 4 is 22.1 Å². The monoisotopic (exact) mass is 490 g/mol. The second-order valence-electron chi connectivity index (χ2n) is 8.82. The molecule has 12 heteroatoms. The molecule has 182 valence electrons. The summed E-state index contributed by atoms with van der Waals surface area (Å²) >= 11 is 0. The number of ketones is 1. The molecular weight excluding hydrogens is 455 g/mol. The van der Waals surface area contributed by atoms with E-state index < -0.39 is 39.9 Å². The average Bonchev–Trinajstić information content (AvgIpc) is 2.67. The van der Waals surface area contributed by atoms with Crippen LogP contribution >= 0.6 is 8.03 Å². The van der Waals surface area contributed by atoms with Crippen LogP contribution in [0.15, 0.2) is 33.7 Å². The van der Waals surface area contributed by atoms with Crippen molar-refractivity contribution in [3.05, 3.63) is 45.0 Å². The minimum atomic E-state index is -2.39. The van der Waals surface area contributed by atoms with Gasteiger partial charge in [0.1, 0.15) is 12.7 Å². The van der Waals surface area contributed by atoms with Gasteiger partial charge in [-0.15, -0.1) is 0 Å². The standard InChI is InChI=1S/C20H35N2O8PSi/c1-15(23)12-28-14-18(22-10-8-17(24)21-19(22)25)30-16(9-11-31(26)27-5)13-29-32(6,7)20(2,3)4/h8-11,16,18,31H,12-14H2,1-7H3,(H,21,24,25)/b11-9+/t16-,18-/m1/s1. The molecule has 1 heterocycles. The van der Waals surface area contributed by atoms with Gasteiger partial charge in [0.2, 0.25) is 8.03 Å². The maximum absolute atomic E-state index is 12.3. The number of aromatic nitrogens is 2. The molecule has 1 N–H and O–H groups in total. The van der Waals surface area contributed by atoms with E-state index in [4.69, 9.17) is 18.4 Å². The largest absolute Gasteiger partial charge is 0.414 e. The van der Waals surface area contributed by atoms with Crippen LogP contribution in [-0.4, -0.2) is 56.7 Å². The number of hydrogen-bond acceptors (Lipinski definition) is 8. The number of aromatic amines is 1. The topological polar surface area (TPSA) is 126 Å². The van der Waals surface area contributed by atoms with Gasteiger partial charge in [-0.3, -0.25) is 23.7 Å². The van der Waals surface area contributed by atoms with Crippen molar-refractivity contribution in [1.29, 1.82) is 0 Å². The lowest BCUT2D eigenvalue weighted by Crippen LogP contribution is -2.43. The zero-order valence-electron chi connectivity index (χ0n) is 19.8. The highest BCUT2D eigenvalue weighted by atomic mass is 31.1. The summed E-state index contributed by atoms with van der Waals surface area (Å²) in [7, 11) is -3.18. The van der Waals surface area contributed by atoms with E-state index in [9.17, 15) is 18.9 Å². The molecule has 0 aromatic carbocycles. The molecule has 0 aliphatic heterocycles. The molecule has 0 spiro atoms. The zero-order chi connectivity index (χ0) is 24.5. The predicted octanol–water partition coefficient (Wildman–Crippen LogP) is 2.68. The van der Waals surface area contributed by atoms with Crippen molar-refractivity contribution in [2.45, 2.75) is 58.2 Å². The van der Waals surface area contributed by atoms with E-state index in [0.29, 0.717) is 0 Å². The van der Waals surface area contributed by atoms with Crippen molar-refractivity contribution in [3.8, 4) is 0 Å². The van der Waals surface area contributed by atoms with E-state index in [2.05, 4.69) is 38.8 Å². The first-order valence-corrected chi connectivity index (χ1v) is 14.5. The number of carbonyl (C=O) groups is 1. The van der Waals surface area contributed by atoms with Crippen LogP contribution in [0.3, 0.4) is 0 Å². The number of nitrogens with one attached hydrogen (secondary N) is 1. The summed E-state index contributed by atoms with van der Waals surface area (Å²) in [6.45, 7) is 11.7. The van der Waals surface area contributed by atoms with Gasteiger partial charge in [-0.1, -0.05) is 20.8 Å². The highest BCUT2D eigenvalue weighted by molar-refractivity contribution is 7.42. The second-order valence-corrected chi connectivity index (χ2v) is 15.0. The zero-order valence-corrected chi connectivity index (χ0v) is 21.8. The van der Waals surface area contributed by atoms with Gasteiger partial charge in [0.15, 0.2) is 20.3 Å². The summed E-state index contributed by atoms with van der Waals surface area (Å²) in [5.74, 6) is 1.21. The number of carbonyl (C=O) groups excluding carboxylic acids is 1. The maximum Gasteiger partial charge on any atom is 0.330 e. The molecular formula is C20H35N2O8PSi. The Bertz CT molecular complexity index is 919. The number of nitrogens with zero attached hydrogens (tertiary/aromatic N) is 1. The van der Waals surface area contributed by atoms with Crippen molar-refractivity contribution < 1.29 is 27.8 Å². The molecule has 1 unspecified atom stereocenters. The Morgan fingerprint density at radius 3 is 2.47 bits per heavy atom. The summed E-state index contributed by atoms with van der Waals surface area (Å²) in [6, 6.07) is 1.18. The van der Waals surface area contributed by atoms with Gasteiger partial charge in [-0.05, 0) is 36.9 Å². The Balaban J connectivity index is 3.18. The van der Waals surface area contributed by atoms with E-state index in [1.807, 2.05) is 0 Å². The van der Waals surface area contributed by atoms with Gasteiger partial charge in [0.25, 0.3) is 5.56 Å². The van der Waals surface area contributed by atoms with Crippen molar-refractivity contribution in [2.24, 2.45) is 0 Å². The fraction of sp³-hybridized carbons (Fsp3) is 0.650. The Morgan fingerprint density at radius 1 is 1.28 bits per heavy atom. The molecule has 0 aliphatic carbocycles. The third-order valence-corrected chi connectivity index (χ3v) is 10.5. The molecule has 32 heavy (non-hydrogen) atoms. The summed E-state index contributed by atoms with van der Waals surface area (Å²) in [4.78, 5) is 37.2. The number of H-pyrrole nitrogens is 1. The summed E-state index contributed by atoms with van der Waals surface area (Å²) in [6.07, 6.45) is 1.18. The van der Waals surface area contributed by atoms with Crippen LogP contribution in [0.1, 0.15) is 33.9 Å². The number of ether oxygens (including phenoxy) is 2. The molecule has 10 nitrogen and oxygen atoms in total. The second kappa shape index (κ2) is 12.6. The first-order valence-electron chi connectivity index (χ1n) is 10.2. The first kappa shape index (κ1) is 28.4. The lowest BCUT2D eigenvalue weighted by molar-refractivity contribution is -0.127. The van der Waals surface area contributed by atoms with Crippen LogP contribution in [0.4, 0.5) is 0 Å². The van der Waals surface area contributed by atoms with E-state index in [1.165, 1.54) is 32.1 Å². The minimum Gasteiger partial charge on any atom is -0.414 e. The highest BCUT2D eigenvalue weighted by Gasteiger charge is 2.37. The molecule has 0 saturated heterocycles. The molecule has 0 fully saturated rings. The summed E-state index contributed by atoms with van der Waals surface area (Å²) in [5.41, 5.74) is -1.24. The molecule has 0 radical (unpaired) electrons. The molecule has 0 amide bonds. The van der Waals surface area contributed by atoms with Crippen LogP contribution < -0.4 is 11.2 Å². The number of rotatable bonds is 13. The molecule has 3 atom stereocenters. The van der Waals surface area contributed by atoms with E-state index in [0.717, 1.165) is 4.57 Å². The predicted molar refractivity (Wildman–Crippen MR) is 125 cm³/mol. The van der Waals surface area contributed by atoms with Crippen molar-refractivity contribution in [1.82, 2.24) is 9.55 Å². The first-order chi connectivity index (χ1) is 14.8. The summed E-state index contributed by atoms with van der Waals surface area (Å²) in [5, 5.41) is -0.0405. The average molecular weight is 491 g/mol. The van der Waals surface area contributed by atoms with Gasteiger partial charge in [-0.25, -0.2) is 4.79 Å². The van der Waals surface area contributed by atoms with E-state index >= 15 is 0 Å². The van der Waals surface area contributed by atoms with E-state index in [-0.39, 0.29) is 30.6 Å². The SMILES string of the molecule is CO[PH](=O)/C=C/[C@H](CO[Si](C)(C)C(C)(C)C)O[C@H](COCC(C)=O)n1ccc(=O)[nH]c1=O. The third kappa shape index (κ3) is 9.48. The lowest BCUT2D eigenvalue weighted by Gasteiger charge is -2.37. The van der Waals surface area contributed by atoms with Crippen LogP contribution in [0, 0.1) is 0 Å². The van der Waals surface area contributed by atoms with Gasteiger partial charge < -0.3 is 18.4 Å². The van der Waals surface area contributed by atoms with Crippen LogP contribution in [0.5, 0.6) is 0 Å². The summed E-state index contributed by atoms with van der Waals surface area (Å²) < 4.78 is 35.5. The van der Waals surface area contributed by atoms with Crippen LogP contribution in [-0.2, 0) is 27.8 Å². The smallest absolute Gasteiger partial charge is 0.330 e. The molecule has 1 aromatic rings. The van der Waals surface area contributed by atoms with Crippen molar-refractivity contribution in [2.75, 3.05) is 26.9 Å². The fourth-order valence-corrected chi connectivity index (χ4v) is 3.77. The van der Waals surface area contributed by atoms with Crippen molar-refractivity contribution in [3.63, 3.8) is 0 Å². The Morgan fingerprint density at radius 2 is 1.94 bits per heavy atom. The Hall–Kier alpha value is -1.62. The molecule has 0 saturated carbocycles. The normalized spacial score (nSPS) is 15.6. The molecule has 0 bridgehead atoms. The minimum absolute atomic E-state index is 0.0405. The quantitative estimate of drug-likeness (QED) is 0.330. The van der Waals surface area contributed by atoms with Gasteiger partial charge >= 0.3 is 5.69 Å². The van der Waals surface area contributed by atoms with Gasteiger partial charge in [0.05, 0.1) is 13.2 Å².